The molecule has 0 saturated carbocycles. The van der Waals surface area contributed by atoms with Crippen molar-refractivity contribution >= 4 is 38.9 Å². The van der Waals surface area contributed by atoms with E-state index in [9.17, 15) is 4.79 Å². The molecule has 2 aromatic rings. The first-order valence-corrected chi connectivity index (χ1v) is 9.87. The number of carbonyl (C=O) groups excluding carboxylic acids is 1. The molecule has 26 heavy (non-hydrogen) atoms. The SMILES string of the molecule is Cc1cc(Br)cc(C)c1NC(=O)c1cc(N)ccc1N1CCC[C@@H](C)C1. The van der Waals surface area contributed by atoms with Crippen LogP contribution in [-0.4, -0.2) is 19.0 Å². The van der Waals surface area contributed by atoms with Crippen LogP contribution in [0.15, 0.2) is 34.8 Å². The number of nitrogens with two attached hydrogens (primary N) is 1. The van der Waals surface area contributed by atoms with E-state index in [2.05, 4.69) is 33.1 Å². The predicted octanol–water partition coefficient (Wildman–Crippen LogP) is 5.14. The Kier molecular flexibility index (Phi) is 5.56. The zero-order chi connectivity index (χ0) is 18.8. The number of rotatable bonds is 3. The number of benzene rings is 2. The highest BCUT2D eigenvalue weighted by Crippen LogP contribution is 2.30. The Bertz CT molecular complexity index is 811. The highest BCUT2D eigenvalue weighted by atomic mass is 79.9. The number of anilines is 3. The normalized spacial score (nSPS) is 17.2. The van der Waals surface area contributed by atoms with Gasteiger partial charge in [0.15, 0.2) is 0 Å². The van der Waals surface area contributed by atoms with Crippen LogP contribution in [0.25, 0.3) is 0 Å². The third-order valence-corrected chi connectivity index (χ3v) is 5.46. The van der Waals surface area contributed by atoms with E-state index in [1.54, 1.807) is 6.07 Å². The number of carbonyl (C=O) groups is 1. The van der Waals surface area contributed by atoms with Gasteiger partial charge in [0, 0.05) is 34.6 Å². The maximum atomic E-state index is 13.1. The van der Waals surface area contributed by atoms with Crippen molar-refractivity contribution in [3.8, 4) is 0 Å². The van der Waals surface area contributed by atoms with Crippen LogP contribution in [0, 0.1) is 19.8 Å². The molecule has 3 N–H and O–H groups in total. The van der Waals surface area contributed by atoms with Gasteiger partial charge in [-0.15, -0.1) is 0 Å². The Morgan fingerprint density at radius 2 is 1.92 bits per heavy atom. The monoisotopic (exact) mass is 415 g/mol. The molecule has 1 aliphatic heterocycles. The molecule has 2 aromatic carbocycles. The zero-order valence-corrected chi connectivity index (χ0v) is 17.2. The van der Waals surface area contributed by atoms with Gasteiger partial charge in [-0.3, -0.25) is 4.79 Å². The Hall–Kier alpha value is -2.01. The third kappa shape index (κ3) is 4.04. The van der Waals surface area contributed by atoms with Gasteiger partial charge in [-0.1, -0.05) is 22.9 Å². The van der Waals surface area contributed by atoms with Crippen LogP contribution in [0.1, 0.15) is 41.3 Å². The summed E-state index contributed by atoms with van der Waals surface area (Å²) in [6.45, 7) is 8.21. The number of halogens is 1. The summed E-state index contributed by atoms with van der Waals surface area (Å²) in [5.74, 6) is 0.521. The average molecular weight is 416 g/mol. The van der Waals surface area contributed by atoms with Crippen LogP contribution >= 0.6 is 15.9 Å². The summed E-state index contributed by atoms with van der Waals surface area (Å²) in [6.07, 6.45) is 2.39. The van der Waals surface area contributed by atoms with Crippen molar-refractivity contribution in [2.24, 2.45) is 5.92 Å². The molecule has 1 atom stereocenters. The van der Waals surface area contributed by atoms with E-state index in [-0.39, 0.29) is 5.91 Å². The second-order valence-corrected chi connectivity index (χ2v) is 8.25. The second-order valence-electron chi connectivity index (χ2n) is 7.34. The van der Waals surface area contributed by atoms with Gasteiger partial charge >= 0.3 is 0 Å². The maximum Gasteiger partial charge on any atom is 0.257 e. The van der Waals surface area contributed by atoms with Crippen LogP contribution < -0.4 is 16.0 Å². The summed E-state index contributed by atoms with van der Waals surface area (Å²) in [5, 5.41) is 3.10. The number of nitrogens with one attached hydrogen (secondary N) is 1. The average Bonchev–Trinajstić information content (AvgIpc) is 2.57. The van der Waals surface area contributed by atoms with Crippen LogP contribution in [0.5, 0.6) is 0 Å². The number of amides is 1. The molecule has 0 bridgehead atoms. The van der Waals surface area contributed by atoms with Gasteiger partial charge in [-0.25, -0.2) is 0 Å². The van der Waals surface area contributed by atoms with Gasteiger partial charge in [0.1, 0.15) is 0 Å². The van der Waals surface area contributed by atoms with Gasteiger partial charge < -0.3 is 16.0 Å². The molecule has 0 aliphatic carbocycles. The van der Waals surface area contributed by atoms with Crippen molar-refractivity contribution in [1.82, 2.24) is 0 Å². The standard InChI is InChI=1S/C21H26BrN3O/c1-13-5-4-8-25(12-13)19-7-6-17(23)11-18(19)21(26)24-20-14(2)9-16(22)10-15(20)3/h6-7,9-11,13H,4-5,8,12,23H2,1-3H3,(H,24,26)/t13-/m1/s1. The fraction of sp³-hybridized carbons (Fsp3) is 0.381. The van der Waals surface area contributed by atoms with Crippen LogP contribution in [0.4, 0.5) is 17.1 Å². The highest BCUT2D eigenvalue weighted by Gasteiger charge is 2.22. The lowest BCUT2D eigenvalue weighted by molar-refractivity contribution is 0.102. The summed E-state index contributed by atoms with van der Waals surface area (Å²) in [4.78, 5) is 15.4. The molecule has 0 spiro atoms. The fourth-order valence-corrected chi connectivity index (χ4v) is 4.39. The summed E-state index contributed by atoms with van der Waals surface area (Å²) < 4.78 is 1.01. The summed E-state index contributed by atoms with van der Waals surface area (Å²) in [6, 6.07) is 9.66. The molecular weight excluding hydrogens is 390 g/mol. The first kappa shape index (κ1) is 18.8. The molecule has 1 fully saturated rings. The Morgan fingerprint density at radius 1 is 1.23 bits per heavy atom. The number of piperidine rings is 1. The molecule has 1 amide bonds. The third-order valence-electron chi connectivity index (χ3n) is 5.00. The topological polar surface area (TPSA) is 58.4 Å². The van der Waals surface area contributed by atoms with E-state index >= 15 is 0 Å². The van der Waals surface area contributed by atoms with E-state index in [0.717, 1.165) is 46.5 Å². The van der Waals surface area contributed by atoms with E-state index < -0.39 is 0 Å². The fourth-order valence-electron chi connectivity index (χ4n) is 3.71. The van der Waals surface area contributed by atoms with Gasteiger partial charge in [-0.2, -0.15) is 0 Å². The number of nitrogens with zero attached hydrogens (tertiary/aromatic N) is 1. The molecule has 0 radical (unpaired) electrons. The van der Waals surface area contributed by atoms with Crippen molar-refractivity contribution < 1.29 is 4.79 Å². The lowest BCUT2D eigenvalue weighted by atomic mass is 9.98. The number of aryl methyl sites for hydroxylation is 2. The van der Waals surface area contributed by atoms with E-state index in [0.29, 0.717) is 17.2 Å². The van der Waals surface area contributed by atoms with Crippen LogP contribution in [-0.2, 0) is 0 Å². The van der Waals surface area contributed by atoms with E-state index in [4.69, 9.17) is 5.73 Å². The molecule has 1 aliphatic rings. The van der Waals surface area contributed by atoms with E-state index in [1.807, 2.05) is 38.1 Å². The second kappa shape index (κ2) is 7.70. The van der Waals surface area contributed by atoms with Crippen molar-refractivity contribution in [3.05, 3.63) is 51.5 Å². The summed E-state index contributed by atoms with van der Waals surface area (Å²) in [5.41, 5.74) is 11.1. The maximum absolute atomic E-state index is 13.1. The van der Waals surface area contributed by atoms with Gasteiger partial charge in [0.2, 0.25) is 0 Å². The lowest BCUT2D eigenvalue weighted by Gasteiger charge is -2.34. The quantitative estimate of drug-likeness (QED) is 0.682. The summed E-state index contributed by atoms with van der Waals surface area (Å²) >= 11 is 3.50. The molecule has 3 rings (SSSR count). The number of hydrogen-bond donors (Lipinski definition) is 2. The predicted molar refractivity (Wildman–Crippen MR) is 113 cm³/mol. The molecular formula is C21H26BrN3O. The minimum Gasteiger partial charge on any atom is -0.399 e. The molecule has 0 aromatic heterocycles. The van der Waals surface area contributed by atoms with E-state index in [1.165, 1.54) is 6.42 Å². The molecule has 1 heterocycles. The minimum atomic E-state index is -0.112. The van der Waals surface area contributed by atoms with Crippen LogP contribution in [0.3, 0.4) is 0 Å². The van der Waals surface area contributed by atoms with Gasteiger partial charge in [0.05, 0.1) is 5.56 Å². The largest absolute Gasteiger partial charge is 0.399 e. The molecule has 1 saturated heterocycles. The van der Waals surface area contributed by atoms with Crippen molar-refractivity contribution in [3.63, 3.8) is 0 Å². The Labute approximate surface area is 163 Å². The number of nitrogen functional groups attached to an aromatic ring is 1. The first-order valence-electron chi connectivity index (χ1n) is 9.07. The zero-order valence-electron chi connectivity index (χ0n) is 15.6. The molecule has 4 nitrogen and oxygen atoms in total. The van der Waals surface area contributed by atoms with Crippen LogP contribution in [0.2, 0.25) is 0 Å². The smallest absolute Gasteiger partial charge is 0.257 e. The van der Waals surface area contributed by atoms with Crippen molar-refractivity contribution in [1.29, 1.82) is 0 Å². The summed E-state index contributed by atoms with van der Waals surface area (Å²) in [7, 11) is 0. The Morgan fingerprint density at radius 3 is 2.58 bits per heavy atom. The van der Waals surface area contributed by atoms with Crippen molar-refractivity contribution in [2.45, 2.75) is 33.6 Å². The van der Waals surface area contributed by atoms with Gasteiger partial charge in [0.25, 0.3) is 5.91 Å². The number of hydrogen-bond acceptors (Lipinski definition) is 3. The first-order chi connectivity index (χ1) is 12.3. The van der Waals surface area contributed by atoms with Crippen molar-refractivity contribution in [2.75, 3.05) is 29.0 Å². The minimum absolute atomic E-state index is 0.112. The lowest BCUT2D eigenvalue weighted by Crippen LogP contribution is -2.35. The molecule has 0 unspecified atom stereocenters. The molecule has 138 valence electrons. The molecule has 5 heteroatoms. The highest BCUT2D eigenvalue weighted by molar-refractivity contribution is 9.10. The van der Waals surface area contributed by atoms with Gasteiger partial charge in [-0.05, 0) is 74.1 Å². The Balaban J connectivity index is 1.93.